The number of carbonyl (C=O) groups is 1. The quantitative estimate of drug-likeness (QED) is 0.633. The number of aromatic nitrogens is 1. The summed E-state index contributed by atoms with van der Waals surface area (Å²) in [5.41, 5.74) is 7.96. The van der Waals surface area contributed by atoms with E-state index in [9.17, 15) is 0 Å². The van der Waals surface area contributed by atoms with Crippen LogP contribution in [0.25, 0.3) is 0 Å². The summed E-state index contributed by atoms with van der Waals surface area (Å²) in [6.45, 7) is 6.40. The molecule has 0 saturated carbocycles. The maximum atomic E-state index is 9.00. The third kappa shape index (κ3) is 6.83. The number of halogens is 1. The van der Waals surface area contributed by atoms with Crippen LogP contribution in [0.2, 0.25) is 5.02 Å². The number of benzene rings is 1. The molecule has 0 amide bonds. The fourth-order valence-corrected chi connectivity index (χ4v) is 5.05. The summed E-state index contributed by atoms with van der Waals surface area (Å²) in [6.07, 6.45) is 3.63. The van der Waals surface area contributed by atoms with E-state index in [-0.39, 0.29) is 6.10 Å². The van der Waals surface area contributed by atoms with Crippen LogP contribution in [-0.2, 0) is 16.0 Å². The van der Waals surface area contributed by atoms with Crippen molar-refractivity contribution >= 4 is 29.2 Å². The average molecular weight is 517 g/mol. The zero-order chi connectivity index (χ0) is 25.7. The van der Waals surface area contributed by atoms with Crippen molar-refractivity contribution in [3.05, 3.63) is 52.4 Å². The third-order valence-corrected chi connectivity index (χ3v) is 6.87. The molecule has 0 radical (unpaired) electrons. The van der Waals surface area contributed by atoms with Crippen molar-refractivity contribution in [1.82, 2.24) is 15.0 Å². The Bertz CT molecular complexity index is 1090. The number of aliphatic carboxylic acids is 1. The van der Waals surface area contributed by atoms with Gasteiger partial charge in [-0.1, -0.05) is 28.9 Å². The van der Waals surface area contributed by atoms with Gasteiger partial charge < -0.3 is 25.0 Å². The Balaban J connectivity index is 0.000000709. The standard InChI is InChI=1S/C23H29ClN6O2.C2H4O2/c1-15-10-20(32-28-15)21-13-30(19(14-31-21)11-16-2-4-17(24)5-3-16)18-6-8-29(9-7-18)23-12-22(25)26-27-23;1-2(3)4/h2-5,10,18-19,21H,6-9,11-14H2,1H3,(H2,25,26);1H3,(H,3,4)/t19-,21+;/m0./s1. The molecule has 3 aliphatic rings. The molecule has 2 atom stereocenters. The van der Waals surface area contributed by atoms with E-state index in [4.69, 9.17) is 36.5 Å². The Morgan fingerprint density at radius 2 is 1.92 bits per heavy atom. The maximum absolute atomic E-state index is 9.00. The van der Waals surface area contributed by atoms with Gasteiger partial charge in [-0.25, -0.2) is 0 Å². The lowest BCUT2D eigenvalue weighted by Gasteiger charge is -2.46. The number of nitrogens with zero attached hydrogens (tertiary/aromatic N) is 5. The van der Waals surface area contributed by atoms with Crippen LogP contribution in [-0.4, -0.2) is 76.0 Å². The fourth-order valence-electron chi connectivity index (χ4n) is 4.92. The van der Waals surface area contributed by atoms with E-state index < -0.39 is 5.97 Å². The summed E-state index contributed by atoms with van der Waals surface area (Å²) in [4.78, 5) is 13.9. The molecule has 1 aromatic heterocycles. The first-order chi connectivity index (χ1) is 17.3. The van der Waals surface area contributed by atoms with Gasteiger partial charge in [-0.2, -0.15) is 0 Å². The van der Waals surface area contributed by atoms with Crippen molar-refractivity contribution in [2.45, 2.75) is 57.7 Å². The van der Waals surface area contributed by atoms with Crippen LogP contribution >= 0.6 is 11.6 Å². The molecule has 36 heavy (non-hydrogen) atoms. The number of piperidine rings is 1. The summed E-state index contributed by atoms with van der Waals surface area (Å²) in [5, 5.41) is 20.5. The van der Waals surface area contributed by atoms with E-state index in [2.05, 4.69) is 37.3 Å². The molecule has 2 aromatic rings. The van der Waals surface area contributed by atoms with Crippen LogP contribution < -0.4 is 5.73 Å². The molecule has 11 heteroatoms. The summed E-state index contributed by atoms with van der Waals surface area (Å²) in [5.74, 6) is 1.57. The van der Waals surface area contributed by atoms with Crippen LogP contribution in [0.1, 0.15) is 49.3 Å². The molecule has 0 bridgehead atoms. The highest BCUT2D eigenvalue weighted by Gasteiger charge is 2.37. The van der Waals surface area contributed by atoms with Crippen molar-refractivity contribution in [2.24, 2.45) is 15.9 Å². The van der Waals surface area contributed by atoms with E-state index in [1.807, 2.05) is 25.1 Å². The second kappa shape index (κ2) is 11.9. The summed E-state index contributed by atoms with van der Waals surface area (Å²) in [7, 11) is 0. The molecular formula is C25H33ClN6O4. The van der Waals surface area contributed by atoms with Gasteiger partial charge in [-0.05, 0) is 43.9 Å². The van der Waals surface area contributed by atoms with Gasteiger partial charge in [0.15, 0.2) is 5.76 Å². The minimum atomic E-state index is -0.833. The van der Waals surface area contributed by atoms with Crippen molar-refractivity contribution in [2.75, 3.05) is 26.2 Å². The molecule has 1 aromatic carbocycles. The molecule has 4 heterocycles. The van der Waals surface area contributed by atoms with E-state index >= 15 is 0 Å². The fraction of sp³-hybridized carbons (Fsp3) is 0.520. The highest BCUT2D eigenvalue weighted by molar-refractivity contribution is 6.30. The van der Waals surface area contributed by atoms with E-state index in [0.29, 0.717) is 30.9 Å². The first-order valence-electron chi connectivity index (χ1n) is 12.2. The van der Waals surface area contributed by atoms with E-state index in [1.54, 1.807) is 0 Å². The lowest BCUT2D eigenvalue weighted by molar-refractivity contribution is -0.134. The molecule has 0 spiro atoms. The van der Waals surface area contributed by atoms with E-state index in [0.717, 1.165) is 68.1 Å². The number of ether oxygens (including phenoxy) is 1. The zero-order valence-electron chi connectivity index (χ0n) is 20.6. The topological polar surface area (TPSA) is 130 Å². The summed E-state index contributed by atoms with van der Waals surface area (Å²) >= 11 is 6.09. The van der Waals surface area contributed by atoms with Crippen molar-refractivity contribution in [1.29, 1.82) is 0 Å². The van der Waals surface area contributed by atoms with Crippen molar-refractivity contribution in [3.63, 3.8) is 0 Å². The predicted octanol–water partition coefficient (Wildman–Crippen LogP) is 3.25. The second-order valence-electron chi connectivity index (χ2n) is 9.40. The Hall–Kier alpha value is -2.95. The van der Waals surface area contributed by atoms with Crippen LogP contribution in [0.15, 0.2) is 45.1 Å². The van der Waals surface area contributed by atoms with Crippen molar-refractivity contribution in [3.8, 4) is 0 Å². The average Bonchev–Trinajstić information content (AvgIpc) is 3.49. The van der Waals surface area contributed by atoms with Gasteiger partial charge in [0.1, 0.15) is 17.8 Å². The Morgan fingerprint density at radius 1 is 1.22 bits per heavy atom. The smallest absolute Gasteiger partial charge is 0.300 e. The lowest BCUT2D eigenvalue weighted by Crippen LogP contribution is -2.55. The van der Waals surface area contributed by atoms with Gasteiger partial charge in [0.25, 0.3) is 5.97 Å². The Kier molecular flexibility index (Phi) is 8.60. The molecule has 0 aliphatic carbocycles. The number of nitrogens with two attached hydrogens (primary N) is 1. The van der Waals surface area contributed by atoms with Crippen LogP contribution in [0.5, 0.6) is 0 Å². The first kappa shape index (κ1) is 26.1. The van der Waals surface area contributed by atoms with Crippen molar-refractivity contribution < 1.29 is 19.2 Å². The molecule has 2 saturated heterocycles. The third-order valence-electron chi connectivity index (χ3n) is 6.62. The lowest BCUT2D eigenvalue weighted by atomic mass is 9.95. The van der Waals surface area contributed by atoms with Gasteiger partial charge in [-0.3, -0.25) is 9.69 Å². The highest BCUT2D eigenvalue weighted by Crippen LogP contribution is 2.31. The Labute approximate surface area is 215 Å². The maximum Gasteiger partial charge on any atom is 0.300 e. The molecule has 10 nitrogen and oxygen atoms in total. The predicted molar refractivity (Wildman–Crippen MR) is 137 cm³/mol. The molecule has 2 fully saturated rings. The van der Waals surface area contributed by atoms with Crippen LogP contribution in [0, 0.1) is 6.92 Å². The SMILES string of the molecule is CC(=O)O.Cc1cc([C@H]2CN(C3CCN(C4=NN=C(N)C4)CC3)[C@@H](Cc3ccc(Cl)cc3)CO2)on1. The van der Waals surface area contributed by atoms with Crippen LogP contribution in [0.3, 0.4) is 0 Å². The minimum Gasteiger partial charge on any atom is -0.481 e. The minimum absolute atomic E-state index is 0.0943. The summed E-state index contributed by atoms with van der Waals surface area (Å²) < 4.78 is 11.8. The van der Waals surface area contributed by atoms with Gasteiger partial charge in [0.2, 0.25) is 0 Å². The number of likely N-dealkylation sites (tertiary alicyclic amines) is 1. The molecule has 3 aliphatic heterocycles. The molecule has 0 unspecified atom stereocenters. The number of amidine groups is 2. The normalized spacial score (nSPS) is 23.0. The van der Waals surface area contributed by atoms with Gasteiger partial charge >= 0.3 is 0 Å². The molecule has 3 N–H and O–H groups in total. The Morgan fingerprint density at radius 3 is 2.50 bits per heavy atom. The molecule has 194 valence electrons. The van der Waals surface area contributed by atoms with Crippen LogP contribution in [0.4, 0.5) is 0 Å². The monoisotopic (exact) mass is 516 g/mol. The number of carboxylic acid groups (broad SMARTS) is 1. The zero-order valence-corrected chi connectivity index (χ0v) is 21.4. The van der Waals surface area contributed by atoms with Gasteiger partial charge in [0, 0.05) is 49.7 Å². The molecular weight excluding hydrogens is 484 g/mol. The number of rotatable bonds is 4. The number of morpholine rings is 1. The molecule has 5 rings (SSSR count). The number of hydrogen-bond donors (Lipinski definition) is 2. The van der Waals surface area contributed by atoms with Gasteiger partial charge in [0.05, 0.1) is 18.7 Å². The first-order valence-corrected chi connectivity index (χ1v) is 12.5. The second-order valence-corrected chi connectivity index (χ2v) is 9.83. The number of aryl methyl sites for hydroxylation is 1. The number of carboxylic acids is 1. The van der Waals surface area contributed by atoms with Gasteiger partial charge in [-0.15, -0.1) is 10.2 Å². The van der Waals surface area contributed by atoms with E-state index in [1.165, 1.54) is 5.56 Å². The summed E-state index contributed by atoms with van der Waals surface area (Å²) in [6, 6.07) is 10.9. The largest absolute Gasteiger partial charge is 0.481 e. The number of hydrogen-bond acceptors (Lipinski definition) is 9. The highest BCUT2D eigenvalue weighted by atomic mass is 35.5.